The molecular weight excluding hydrogens is 300 g/mol. The molecule has 0 aliphatic heterocycles. The van der Waals surface area contributed by atoms with E-state index < -0.39 is 25.6 Å². The van der Waals surface area contributed by atoms with Crippen LogP contribution in [0.1, 0.15) is 23.6 Å². The Kier molecular flexibility index (Phi) is 4.08. The molecule has 0 fully saturated rings. The molecule has 0 radical (unpaired) electrons. The minimum atomic E-state index is -3.61. The lowest BCUT2D eigenvalue weighted by Crippen LogP contribution is -2.32. The Bertz CT molecular complexity index is 711. The molecular formula is C12H18N2O4S2. The first-order valence-corrected chi connectivity index (χ1v) is 9.94. The minimum Gasteiger partial charge on any atom is -0.399 e. The second-order valence-electron chi connectivity index (χ2n) is 5.12. The second kappa shape index (κ2) is 5.34. The summed E-state index contributed by atoms with van der Waals surface area (Å²) in [5.41, 5.74) is 8.31. The summed E-state index contributed by atoms with van der Waals surface area (Å²) in [6.07, 6.45) is 2.45. The van der Waals surface area contributed by atoms with Gasteiger partial charge in [-0.15, -0.1) is 0 Å². The molecule has 6 nitrogen and oxygen atoms in total. The van der Waals surface area contributed by atoms with Gasteiger partial charge in [-0.3, -0.25) is 0 Å². The highest BCUT2D eigenvalue weighted by molar-refractivity contribution is 7.93. The lowest BCUT2D eigenvalue weighted by molar-refractivity contribution is 0.554. The molecule has 1 aromatic rings. The van der Waals surface area contributed by atoms with Crippen molar-refractivity contribution in [3.05, 3.63) is 29.3 Å². The predicted molar refractivity (Wildman–Crippen MR) is 78.5 cm³/mol. The number of hydrogen-bond acceptors (Lipinski definition) is 5. The van der Waals surface area contributed by atoms with Crippen LogP contribution < -0.4 is 10.5 Å². The summed E-state index contributed by atoms with van der Waals surface area (Å²) in [5.74, 6) is -0.781. The highest BCUT2D eigenvalue weighted by Gasteiger charge is 2.27. The van der Waals surface area contributed by atoms with Crippen LogP contribution in [0.4, 0.5) is 5.69 Å². The van der Waals surface area contributed by atoms with Crippen molar-refractivity contribution in [3.63, 3.8) is 0 Å². The molecule has 0 saturated carbocycles. The standard InChI is InChI=1S/C12H18N2O4S2/c1-19(15,16)6-7-20(17,18)14-12-5-2-9-8-10(13)3-4-11(9)12/h3-4,8,12,14H,2,5-7,13H2,1H3. The SMILES string of the molecule is CS(=O)(=O)CCS(=O)(=O)NC1CCc2cc(N)ccc21. The molecule has 1 unspecified atom stereocenters. The number of sulfone groups is 1. The van der Waals surface area contributed by atoms with Crippen LogP contribution in [0.5, 0.6) is 0 Å². The van der Waals surface area contributed by atoms with E-state index in [4.69, 9.17) is 5.73 Å². The van der Waals surface area contributed by atoms with Gasteiger partial charge in [0, 0.05) is 18.0 Å². The monoisotopic (exact) mass is 318 g/mol. The third-order valence-corrected chi connectivity index (χ3v) is 5.88. The van der Waals surface area contributed by atoms with E-state index in [1.54, 1.807) is 6.07 Å². The summed E-state index contributed by atoms with van der Waals surface area (Å²) < 4.78 is 48.5. The minimum absolute atomic E-state index is 0.296. The van der Waals surface area contributed by atoms with Gasteiger partial charge in [0.1, 0.15) is 9.84 Å². The zero-order valence-electron chi connectivity index (χ0n) is 11.2. The van der Waals surface area contributed by atoms with Gasteiger partial charge in [0.25, 0.3) is 0 Å². The van der Waals surface area contributed by atoms with Gasteiger partial charge in [-0.25, -0.2) is 21.6 Å². The van der Waals surface area contributed by atoms with E-state index in [-0.39, 0.29) is 11.8 Å². The lowest BCUT2D eigenvalue weighted by atomic mass is 10.1. The summed E-state index contributed by atoms with van der Waals surface area (Å²) >= 11 is 0. The summed E-state index contributed by atoms with van der Waals surface area (Å²) in [5, 5.41) is 0. The van der Waals surface area contributed by atoms with Crippen molar-refractivity contribution in [2.45, 2.75) is 18.9 Å². The van der Waals surface area contributed by atoms with Crippen molar-refractivity contribution < 1.29 is 16.8 Å². The van der Waals surface area contributed by atoms with Gasteiger partial charge in [-0.2, -0.15) is 0 Å². The van der Waals surface area contributed by atoms with Gasteiger partial charge in [0.2, 0.25) is 10.0 Å². The fourth-order valence-corrected chi connectivity index (χ4v) is 5.18. The van der Waals surface area contributed by atoms with Crippen LogP contribution in [-0.2, 0) is 26.3 Å². The largest absolute Gasteiger partial charge is 0.399 e. The van der Waals surface area contributed by atoms with Crippen molar-refractivity contribution >= 4 is 25.5 Å². The highest BCUT2D eigenvalue weighted by Crippen LogP contribution is 2.32. The van der Waals surface area contributed by atoms with Crippen LogP contribution >= 0.6 is 0 Å². The van der Waals surface area contributed by atoms with E-state index in [2.05, 4.69) is 4.72 Å². The number of nitrogens with one attached hydrogen (secondary N) is 1. The van der Waals surface area contributed by atoms with Crippen LogP contribution in [0.15, 0.2) is 18.2 Å². The van der Waals surface area contributed by atoms with E-state index in [0.29, 0.717) is 12.1 Å². The van der Waals surface area contributed by atoms with Crippen molar-refractivity contribution in [2.75, 3.05) is 23.5 Å². The molecule has 1 aromatic carbocycles. The number of rotatable bonds is 5. The van der Waals surface area contributed by atoms with Gasteiger partial charge in [-0.05, 0) is 36.1 Å². The number of benzene rings is 1. The number of sulfonamides is 1. The number of nitrogens with two attached hydrogens (primary N) is 1. The van der Waals surface area contributed by atoms with E-state index in [9.17, 15) is 16.8 Å². The zero-order valence-corrected chi connectivity index (χ0v) is 12.8. The molecule has 112 valence electrons. The van der Waals surface area contributed by atoms with Gasteiger partial charge in [-0.1, -0.05) is 6.07 Å². The summed E-state index contributed by atoms with van der Waals surface area (Å²) in [6, 6.07) is 5.11. The molecule has 1 atom stereocenters. The average Bonchev–Trinajstić information content (AvgIpc) is 2.68. The maximum Gasteiger partial charge on any atom is 0.213 e. The molecule has 0 aromatic heterocycles. The fourth-order valence-electron chi connectivity index (χ4n) is 2.30. The van der Waals surface area contributed by atoms with Crippen molar-refractivity contribution in [1.82, 2.24) is 4.72 Å². The Balaban J connectivity index is 2.09. The van der Waals surface area contributed by atoms with Crippen molar-refractivity contribution in [2.24, 2.45) is 0 Å². The number of hydrogen-bond donors (Lipinski definition) is 2. The summed E-state index contributed by atoms with van der Waals surface area (Å²) in [7, 11) is -6.90. The molecule has 20 heavy (non-hydrogen) atoms. The fraction of sp³-hybridized carbons (Fsp3) is 0.500. The summed E-state index contributed by atoms with van der Waals surface area (Å²) in [6.45, 7) is 0. The van der Waals surface area contributed by atoms with E-state index in [1.165, 1.54) is 0 Å². The molecule has 0 heterocycles. The van der Waals surface area contributed by atoms with Gasteiger partial charge in [0.15, 0.2) is 0 Å². The normalized spacial score (nSPS) is 18.9. The Morgan fingerprint density at radius 2 is 1.95 bits per heavy atom. The van der Waals surface area contributed by atoms with Crippen LogP contribution in [0.2, 0.25) is 0 Å². The first-order chi connectivity index (χ1) is 9.16. The molecule has 1 aliphatic carbocycles. The lowest BCUT2D eigenvalue weighted by Gasteiger charge is -2.14. The van der Waals surface area contributed by atoms with Gasteiger partial charge < -0.3 is 5.73 Å². The van der Waals surface area contributed by atoms with Gasteiger partial charge in [0.05, 0.1) is 11.5 Å². The molecule has 0 saturated heterocycles. The van der Waals surface area contributed by atoms with E-state index >= 15 is 0 Å². The Morgan fingerprint density at radius 3 is 2.60 bits per heavy atom. The number of nitrogen functional groups attached to an aromatic ring is 1. The smallest absolute Gasteiger partial charge is 0.213 e. The molecule has 0 bridgehead atoms. The Hall–Kier alpha value is -1.12. The molecule has 1 aliphatic rings. The molecule has 8 heteroatoms. The second-order valence-corrected chi connectivity index (χ2v) is 9.25. The average molecular weight is 318 g/mol. The first kappa shape index (κ1) is 15.3. The number of anilines is 1. The van der Waals surface area contributed by atoms with Crippen LogP contribution in [-0.4, -0.2) is 34.6 Å². The van der Waals surface area contributed by atoms with Crippen LogP contribution in [0.25, 0.3) is 0 Å². The van der Waals surface area contributed by atoms with Gasteiger partial charge >= 0.3 is 0 Å². The Morgan fingerprint density at radius 1 is 1.25 bits per heavy atom. The predicted octanol–water partition coefficient (Wildman–Crippen LogP) is 0.220. The van der Waals surface area contributed by atoms with Crippen molar-refractivity contribution in [3.8, 4) is 0 Å². The summed E-state index contributed by atoms with van der Waals surface area (Å²) in [4.78, 5) is 0. The van der Waals surface area contributed by atoms with E-state index in [0.717, 1.165) is 23.8 Å². The maximum absolute atomic E-state index is 11.9. The van der Waals surface area contributed by atoms with E-state index in [1.807, 2.05) is 12.1 Å². The molecule has 0 amide bonds. The number of aryl methyl sites for hydroxylation is 1. The molecule has 0 spiro atoms. The number of fused-ring (bicyclic) bond motifs is 1. The maximum atomic E-state index is 11.9. The third kappa shape index (κ3) is 3.94. The topological polar surface area (TPSA) is 106 Å². The third-order valence-electron chi connectivity index (χ3n) is 3.29. The Labute approximate surface area is 119 Å². The zero-order chi connectivity index (χ0) is 15.0. The first-order valence-electron chi connectivity index (χ1n) is 6.22. The quantitative estimate of drug-likeness (QED) is 0.755. The highest BCUT2D eigenvalue weighted by atomic mass is 32.2. The van der Waals surface area contributed by atoms with Crippen LogP contribution in [0.3, 0.4) is 0 Å². The molecule has 2 rings (SSSR count). The van der Waals surface area contributed by atoms with Crippen LogP contribution in [0, 0.1) is 0 Å². The molecule has 3 N–H and O–H groups in total. The van der Waals surface area contributed by atoms with Crippen molar-refractivity contribution in [1.29, 1.82) is 0 Å².